The van der Waals surface area contributed by atoms with Crippen LogP contribution in [0.3, 0.4) is 0 Å². The van der Waals surface area contributed by atoms with Gasteiger partial charge in [-0.3, -0.25) is 0 Å². The van der Waals surface area contributed by atoms with Gasteiger partial charge in [-0.05, 0) is 30.7 Å². The molecule has 5 heteroatoms. The predicted molar refractivity (Wildman–Crippen MR) is 56.5 cm³/mol. The van der Waals surface area contributed by atoms with E-state index in [1.54, 1.807) is 0 Å². The van der Waals surface area contributed by atoms with E-state index in [1.165, 1.54) is 12.1 Å². The summed E-state index contributed by atoms with van der Waals surface area (Å²) in [5.41, 5.74) is -1.41. The van der Waals surface area contributed by atoms with E-state index in [0.29, 0.717) is 18.5 Å². The first-order chi connectivity index (χ1) is 7.89. The summed E-state index contributed by atoms with van der Waals surface area (Å²) in [4.78, 5) is 0. The second kappa shape index (κ2) is 4.29. The van der Waals surface area contributed by atoms with Crippen molar-refractivity contribution in [2.75, 3.05) is 13.1 Å². The molecule has 1 unspecified atom stereocenters. The van der Waals surface area contributed by atoms with Crippen molar-refractivity contribution in [3.63, 3.8) is 0 Å². The zero-order chi connectivity index (χ0) is 12.5. The summed E-state index contributed by atoms with van der Waals surface area (Å²) in [7, 11) is 0. The third-order valence-electron chi connectivity index (χ3n) is 2.99. The molecule has 1 nitrogen and oxygen atoms in total. The molecular weight excluding hydrogens is 234 g/mol. The lowest BCUT2D eigenvalue weighted by molar-refractivity contribution is -0.137. The molecule has 1 atom stereocenters. The van der Waals surface area contributed by atoms with Gasteiger partial charge in [-0.1, -0.05) is 12.1 Å². The first kappa shape index (κ1) is 12.4. The molecule has 1 aliphatic heterocycles. The molecule has 0 spiro atoms. The fourth-order valence-electron chi connectivity index (χ4n) is 2.04. The van der Waals surface area contributed by atoms with Gasteiger partial charge in [0.25, 0.3) is 0 Å². The van der Waals surface area contributed by atoms with Crippen LogP contribution in [0.15, 0.2) is 24.3 Å². The van der Waals surface area contributed by atoms with Crippen molar-refractivity contribution >= 4 is 0 Å². The van der Waals surface area contributed by atoms with E-state index in [0.717, 1.165) is 12.1 Å². The first-order valence-electron chi connectivity index (χ1n) is 5.45. The number of nitrogens with one attached hydrogen (secondary N) is 1. The molecule has 0 aliphatic carbocycles. The normalized spacial score (nSPS) is 25.2. The van der Waals surface area contributed by atoms with Gasteiger partial charge in [-0.15, -0.1) is 0 Å². The van der Waals surface area contributed by atoms with Crippen LogP contribution in [0.5, 0.6) is 0 Å². The second-order valence-electron chi connectivity index (χ2n) is 4.45. The van der Waals surface area contributed by atoms with Crippen molar-refractivity contribution in [2.45, 2.75) is 24.7 Å². The van der Waals surface area contributed by atoms with Gasteiger partial charge >= 0.3 is 6.18 Å². The third kappa shape index (κ3) is 2.97. The molecule has 0 radical (unpaired) electrons. The van der Waals surface area contributed by atoms with Gasteiger partial charge in [-0.25, -0.2) is 4.39 Å². The summed E-state index contributed by atoms with van der Waals surface area (Å²) < 4.78 is 51.0. The van der Waals surface area contributed by atoms with Gasteiger partial charge in [0.1, 0.15) is 5.67 Å². The molecule has 1 fully saturated rings. The minimum atomic E-state index is -4.33. The number of alkyl halides is 4. The molecular formula is C12H13F4N. The molecule has 0 amide bonds. The Morgan fingerprint density at radius 2 is 1.82 bits per heavy atom. The minimum absolute atomic E-state index is 0.165. The largest absolute Gasteiger partial charge is 0.416 e. The number of hydrogen-bond donors (Lipinski definition) is 1. The molecule has 0 bridgehead atoms. The van der Waals surface area contributed by atoms with Crippen LogP contribution in [0, 0.1) is 0 Å². The van der Waals surface area contributed by atoms with Crippen LogP contribution < -0.4 is 5.32 Å². The Kier molecular flexibility index (Phi) is 3.12. The molecule has 2 rings (SSSR count). The summed E-state index contributed by atoms with van der Waals surface area (Å²) in [5, 5.41) is 2.91. The van der Waals surface area contributed by atoms with Gasteiger partial charge in [0.05, 0.1) is 5.56 Å². The fraction of sp³-hybridized carbons (Fsp3) is 0.500. The number of halogens is 4. The number of benzene rings is 1. The predicted octanol–water partition coefficient (Wildman–Crippen LogP) is 2.95. The molecule has 1 aromatic carbocycles. The molecule has 0 saturated carbocycles. The van der Waals surface area contributed by atoms with Crippen LogP contribution in [0.1, 0.15) is 17.5 Å². The quantitative estimate of drug-likeness (QED) is 0.792. The molecule has 1 heterocycles. The van der Waals surface area contributed by atoms with Crippen molar-refractivity contribution in [1.82, 2.24) is 5.32 Å². The van der Waals surface area contributed by atoms with Crippen LogP contribution in [0.25, 0.3) is 0 Å². The van der Waals surface area contributed by atoms with E-state index in [-0.39, 0.29) is 13.0 Å². The summed E-state index contributed by atoms with van der Waals surface area (Å²) in [6, 6.07) is 4.70. The van der Waals surface area contributed by atoms with Crippen LogP contribution in [0.4, 0.5) is 17.6 Å². The molecule has 1 aliphatic rings. The van der Waals surface area contributed by atoms with Gasteiger partial charge in [-0.2, -0.15) is 13.2 Å². The Morgan fingerprint density at radius 1 is 1.18 bits per heavy atom. The lowest BCUT2D eigenvalue weighted by atomic mass is 9.95. The van der Waals surface area contributed by atoms with Crippen LogP contribution in [0.2, 0.25) is 0 Å². The topological polar surface area (TPSA) is 12.0 Å². The second-order valence-corrected chi connectivity index (χ2v) is 4.45. The van der Waals surface area contributed by atoms with E-state index in [4.69, 9.17) is 0 Å². The maximum Gasteiger partial charge on any atom is 0.416 e. The molecule has 1 saturated heterocycles. The molecule has 1 N–H and O–H groups in total. The lowest BCUT2D eigenvalue weighted by Gasteiger charge is -2.18. The zero-order valence-corrected chi connectivity index (χ0v) is 9.15. The lowest BCUT2D eigenvalue weighted by Crippen LogP contribution is -2.28. The summed E-state index contributed by atoms with van der Waals surface area (Å²) in [6.07, 6.45) is -3.76. The van der Waals surface area contributed by atoms with Gasteiger partial charge in [0, 0.05) is 13.0 Å². The Hall–Kier alpha value is -1.10. The van der Waals surface area contributed by atoms with E-state index in [9.17, 15) is 17.6 Å². The van der Waals surface area contributed by atoms with Crippen LogP contribution in [-0.2, 0) is 12.6 Å². The average molecular weight is 247 g/mol. The summed E-state index contributed by atoms with van der Waals surface area (Å²) in [6.45, 7) is 0.894. The standard InChI is InChI=1S/C12H13F4N/c13-11(5-6-17-8-11)7-9-1-3-10(4-2-9)12(14,15)16/h1-4,17H,5-8H2. The maximum absolute atomic E-state index is 14.0. The van der Waals surface area contributed by atoms with Crippen molar-refractivity contribution in [2.24, 2.45) is 0 Å². The maximum atomic E-state index is 14.0. The Bertz CT molecular complexity index is 376. The van der Waals surface area contributed by atoms with E-state index in [1.807, 2.05) is 0 Å². The summed E-state index contributed by atoms with van der Waals surface area (Å²) >= 11 is 0. The highest BCUT2D eigenvalue weighted by Crippen LogP contribution is 2.30. The summed E-state index contributed by atoms with van der Waals surface area (Å²) in [5.74, 6) is 0. The molecule has 0 aromatic heterocycles. The minimum Gasteiger partial charge on any atom is -0.313 e. The van der Waals surface area contributed by atoms with Crippen molar-refractivity contribution in [3.05, 3.63) is 35.4 Å². The average Bonchev–Trinajstić information content (AvgIpc) is 2.64. The fourth-order valence-corrected chi connectivity index (χ4v) is 2.04. The Balaban J connectivity index is 2.08. The SMILES string of the molecule is FC1(Cc2ccc(C(F)(F)F)cc2)CCNC1. The van der Waals surface area contributed by atoms with Gasteiger partial charge in [0.15, 0.2) is 0 Å². The highest BCUT2D eigenvalue weighted by Gasteiger charge is 2.34. The number of rotatable bonds is 2. The van der Waals surface area contributed by atoms with Crippen molar-refractivity contribution in [3.8, 4) is 0 Å². The van der Waals surface area contributed by atoms with E-state index < -0.39 is 17.4 Å². The molecule has 1 aromatic rings. The van der Waals surface area contributed by atoms with Crippen LogP contribution >= 0.6 is 0 Å². The highest BCUT2D eigenvalue weighted by molar-refractivity contribution is 5.26. The zero-order valence-electron chi connectivity index (χ0n) is 9.15. The Labute approximate surface area is 96.8 Å². The van der Waals surface area contributed by atoms with Gasteiger partial charge < -0.3 is 5.32 Å². The van der Waals surface area contributed by atoms with Crippen molar-refractivity contribution in [1.29, 1.82) is 0 Å². The third-order valence-corrected chi connectivity index (χ3v) is 2.99. The molecule has 94 valence electrons. The highest BCUT2D eigenvalue weighted by atomic mass is 19.4. The van der Waals surface area contributed by atoms with Crippen molar-refractivity contribution < 1.29 is 17.6 Å². The van der Waals surface area contributed by atoms with Crippen LogP contribution in [-0.4, -0.2) is 18.8 Å². The van der Waals surface area contributed by atoms with E-state index >= 15 is 0 Å². The Morgan fingerprint density at radius 3 is 2.29 bits per heavy atom. The first-order valence-corrected chi connectivity index (χ1v) is 5.45. The monoisotopic (exact) mass is 247 g/mol. The van der Waals surface area contributed by atoms with E-state index in [2.05, 4.69) is 5.32 Å². The smallest absolute Gasteiger partial charge is 0.313 e. The molecule has 17 heavy (non-hydrogen) atoms. The van der Waals surface area contributed by atoms with Gasteiger partial charge in [0.2, 0.25) is 0 Å². The number of hydrogen-bond acceptors (Lipinski definition) is 1.